The van der Waals surface area contributed by atoms with Gasteiger partial charge in [-0.1, -0.05) is 48.9 Å². The van der Waals surface area contributed by atoms with Gasteiger partial charge in [0, 0.05) is 0 Å². The zero-order valence-corrected chi connectivity index (χ0v) is 10.8. The first kappa shape index (κ1) is 13.1. The molecular weight excluding hydrogens is 251 g/mol. The lowest BCUT2D eigenvalue weighted by Gasteiger charge is -2.12. The van der Waals surface area contributed by atoms with Crippen LogP contribution < -0.4 is 0 Å². The van der Waals surface area contributed by atoms with E-state index in [-0.39, 0.29) is 5.02 Å². The summed E-state index contributed by atoms with van der Waals surface area (Å²) >= 11 is 5.71. The third-order valence-electron chi connectivity index (χ3n) is 2.96. The maximum Gasteiger partial charge on any atom is 0.141 e. The van der Waals surface area contributed by atoms with Crippen molar-refractivity contribution < 1.29 is 9.50 Å². The third kappa shape index (κ3) is 2.71. The normalized spacial score (nSPS) is 12.4. The van der Waals surface area contributed by atoms with E-state index in [1.807, 2.05) is 24.3 Å². The SMILES string of the molecule is CCc1ccc(C(O)c2ccc(F)c(Cl)c2)cc1. The van der Waals surface area contributed by atoms with Gasteiger partial charge in [0.2, 0.25) is 0 Å². The summed E-state index contributed by atoms with van der Waals surface area (Å²) < 4.78 is 13.0. The second-order valence-corrected chi connectivity index (χ2v) is 4.58. The van der Waals surface area contributed by atoms with Crippen molar-refractivity contribution in [2.24, 2.45) is 0 Å². The number of aliphatic hydroxyl groups excluding tert-OH is 1. The van der Waals surface area contributed by atoms with E-state index in [0.717, 1.165) is 12.0 Å². The summed E-state index contributed by atoms with van der Waals surface area (Å²) in [6, 6.07) is 12.0. The number of hydrogen-bond acceptors (Lipinski definition) is 1. The highest BCUT2D eigenvalue weighted by molar-refractivity contribution is 6.30. The summed E-state index contributed by atoms with van der Waals surface area (Å²) in [5.41, 5.74) is 2.57. The molecule has 0 fully saturated rings. The Hall–Kier alpha value is -1.38. The summed E-state index contributed by atoms with van der Waals surface area (Å²) in [5, 5.41) is 10.2. The summed E-state index contributed by atoms with van der Waals surface area (Å²) in [6.45, 7) is 2.07. The van der Waals surface area contributed by atoms with E-state index in [0.29, 0.717) is 5.56 Å². The van der Waals surface area contributed by atoms with Crippen LogP contribution in [-0.2, 0) is 6.42 Å². The summed E-state index contributed by atoms with van der Waals surface area (Å²) in [5.74, 6) is -0.478. The smallest absolute Gasteiger partial charge is 0.141 e. The molecule has 2 rings (SSSR count). The average molecular weight is 265 g/mol. The van der Waals surface area contributed by atoms with Crippen LogP contribution in [0.25, 0.3) is 0 Å². The lowest BCUT2D eigenvalue weighted by molar-refractivity contribution is 0.220. The van der Waals surface area contributed by atoms with Gasteiger partial charge in [0.15, 0.2) is 0 Å². The molecule has 0 aliphatic carbocycles. The quantitative estimate of drug-likeness (QED) is 0.884. The maximum absolute atomic E-state index is 13.0. The Balaban J connectivity index is 2.28. The molecular formula is C15H14ClFO. The predicted octanol–water partition coefficient (Wildman–Crippen LogP) is 4.12. The second-order valence-electron chi connectivity index (χ2n) is 4.17. The molecule has 1 atom stereocenters. The molecule has 1 N–H and O–H groups in total. The van der Waals surface area contributed by atoms with E-state index in [9.17, 15) is 9.50 Å². The number of benzene rings is 2. The topological polar surface area (TPSA) is 20.2 Å². The number of rotatable bonds is 3. The van der Waals surface area contributed by atoms with Crippen LogP contribution in [0.2, 0.25) is 5.02 Å². The van der Waals surface area contributed by atoms with Gasteiger partial charge in [-0.2, -0.15) is 0 Å². The molecule has 18 heavy (non-hydrogen) atoms. The van der Waals surface area contributed by atoms with Gasteiger partial charge in [-0.15, -0.1) is 0 Å². The van der Waals surface area contributed by atoms with Gasteiger partial charge in [-0.3, -0.25) is 0 Å². The minimum absolute atomic E-state index is 0.0247. The van der Waals surface area contributed by atoms with Crippen LogP contribution >= 0.6 is 11.6 Å². The fraction of sp³-hybridized carbons (Fsp3) is 0.200. The van der Waals surface area contributed by atoms with Crippen LogP contribution in [0.4, 0.5) is 4.39 Å². The number of aliphatic hydroxyl groups is 1. The first-order valence-corrected chi connectivity index (χ1v) is 6.21. The first-order valence-electron chi connectivity index (χ1n) is 5.83. The zero-order valence-electron chi connectivity index (χ0n) is 10.0. The molecule has 3 heteroatoms. The Labute approximate surface area is 111 Å². The molecule has 0 aromatic heterocycles. The maximum atomic E-state index is 13.0. The number of hydrogen-bond donors (Lipinski definition) is 1. The third-order valence-corrected chi connectivity index (χ3v) is 3.25. The Kier molecular flexibility index (Phi) is 4.00. The van der Waals surface area contributed by atoms with Gasteiger partial charge >= 0.3 is 0 Å². The molecule has 2 aromatic carbocycles. The van der Waals surface area contributed by atoms with Crippen molar-refractivity contribution in [1.29, 1.82) is 0 Å². The van der Waals surface area contributed by atoms with E-state index < -0.39 is 11.9 Å². The largest absolute Gasteiger partial charge is 0.384 e. The molecule has 1 unspecified atom stereocenters. The second kappa shape index (κ2) is 5.51. The van der Waals surface area contributed by atoms with Crippen molar-refractivity contribution >= 4 is 11.6 Å². The van der Waals surface area contributed by atoms with Crippen molar-refractivity contribution in [2.75, 3.05) is 0 Å². The minimum Gasteiger partial charge on any atom is -0.384 e. The van der Waals surface area contributed by atoms with Gasteiger partial charge in [-0.25, -0.2) is 4.39 Å². The van der Waals surface area contributed by atoms with E-state index >= 15 is 0 Å². The van der Waals surface area contributed by atoms with Crippen molar-refractivity contribution in [1.82, 2.24) is 0 Å². The van der Waals surface area contributed by atoms with Crippen molar-refractivity contribution in [3.8, 4) is 0 Å². The molecule has 0 amide bonds. The van der Waals surface area contributed by atoms with E-state index in [4.69, 9.17) is 11.6 Å². The summed E-state index contributed by atoms with van der Waals surface area (Å²) in [7, 11) is 0. The van der Waals surface area contributed by atoms with Crippen LogP contribution in [0.3, 0.4) is 0 Å². The number of halogens is 2. The van der Waals surface area contributed by atoms with Crippen LogP contribution in [0.1, 0.15) is 29.7 Å². The molecule has 0 radical (unpaired) electrons. The van der Waals surface area contributed by atoms with Crippen LogP contribution in [0, 0.1) is 5.82 Å². The fourth-order valence-electron chi connectivity index (χ4n) is 1.81. The molecule has 0 heterocycles. The van der Waals surface area contributed by atoms with E-state index in [1.54, 1.807) is 6.07 Å². The molecule has 0 aliphatic rings. The highest BCUT2D eigenvalue weighted by atomic mass is 35.5. The Bertz CT molecular complexity index is 537. The van der Waals surface area contributed by atoms with Crippen LogP contribution in [-0.4, -0.2) is 5.11 Å². The van der Waals surface area contributed by atoms with E-state index in [2.05, 4.69) is 6.92 Å². The molecule has 0 bridgehead atoms. The highest BCUT2D eigenvalue weighted by Crippen LogP contribution is 2.26. The lowest BCUT2D eigenvalue weighted by atomic mass is 10.00. The minimum atomic E-state index is -0.783. The van der Waals surface area contributed by atoms with Crippen molar-refractivity contribution in [2.45, 2.75) is 19.4 Å². The Morgan fingerprint density at radius 1 is 1.11 bits per heavy atom. The van der Waals surface area contributed by atoms with Crippen molar-refractivity contribution in [3.63, 3.8) is 0 Å². The molecule has 2 aromatic rings. The molecule has 94 valence electrons. The lowest BCUT2D eigenvalue weighted by Crippen LogP contribution is -2.00. The fourth-order valence-corrected chi connectivity index (χ4v) is 2.00. The number of aryl methyl sites for hydroxylation is 1. The zero-order chi connectivity index (χ0) is 13.1. The summed E-state index contributed by atoms with van der Waals surface area (Å²) in [4.78, 5) is 0. The van der Waals surface area contributed by atoms with E-state index in [1.165, 1.54) is 17.7 Å². The monoisotopic (exact) mass is 264 g/mol. The Morgan fingerprint density at radius 2 is 1.72 bits per heavy atom. The Morgan fingerprint density at radius 3 is 2.28 bits per heavy atom. The van der Waals surface area contributed by atoms with Gasteiger partial charge in [-0.05, 0) is 35.2 Å². The molecule has 0 saturated heterocycles. The highest BCUT2D eigenvalue weighted by Gasteiger charge is 2.12. The van der Waals surface area contributed by atoms with Crippen LogP contribution in [0.15, 0.2) is 42.5 Å². The first-order chi connectivity index (χ1) is 8.61. The van der Waals surface area contributed by atoms with Gasteiger partial charge in [0.1, 0.15) is 11.9 Å². The predicted molar refractivity (Wildman–Crippen MR) is 71.3 cm³/mol. The summed E-state index contributed by atoms with van der Waals surface area (Å²) in [6.07, 6.45) is 0.174. The molecule has 0 spiro atoms. The van der Waals surface area contributed by atoms with Gasteiger partial charge < -0.3 is 5.11 Å². The van der Waals surface area contributed by atoms with Crippen LogP contribution in [0.5, 0.6) is 0 Å². The standard InChI is InChI=1S/C15H14ClFO/c1-2-10-3-5-11(6-4-10)15(18)12-7-8-14(17)13(16)9-12/h3-9,15,18H,2H2,1H3. The van der Waals surface area contributed by atoms with Crippen molar-refractivity contribution in [3.05, 3.63) is 70.0 Å². The van der Waals surface area contributed by atoms with Gasteiger partial charge in [0.05, 0.1) is 5.02 Å². The van der Waals surface area contributed by atoms with Gasteiger partial charge in [0.25, 0.3) is 0 Å². The molecule has 1 nitrogen and oxygen atoms in total. The average Bonchev–Trinajstić information content (AvgIpc) is 2.41. The molecule has 0 aliphatic heterocycles. The molecule has 0 saturated carbocycles.